The normalized spacial score (nSPS) is 11.0. The summed E-state index contributed by atoms with van der Waals surface area (Å²) < 4.78 is 6.74. The van der Waals surface area contributed by atoms with Crippen molar-refractivity contribution in [3.05, 3.63) is 47.1 Å². The van der Waals surface area contributed by atoms with Gasteiger partial charge in [0.1, 0.15) is 0 Å². The fourth-order valence-corrected chi connectivity index (χ4v) is 3.11. The summed E-state index contributed by atoms with van der Waals surface area (Å²) in [6.07, 6.45) is 3.08. The van der Waals surface area contributed by atoms with Gasteiger partial charge in [0.15, 0.2) is 4.96 Å². The minimum Gasteiger partial charge on any atom is -0.469 e. The molecular weight excluding hydrogens is 284 g/mol. The predicted molar refractivity (Wildman–Crippen MR) is 83.6 cm³/mol. The molecule has 5 heteroatoms. The van der Waals surface area contributed by atoms with Crippen LogP contribution in [0.4, 0.5) is 0 Å². The summed E-state index contributed by atoms with van der Waals surface area (Å²) in [6, 6.07) is 8.33. The van der Waals surface area contributed by atoms with Crippen molar-refractivity contribution in [2.24, 2.45) is 0 Å². The molecule has 0 unspecified atom stereocenters. The van der Waals surface area contributed by atoms with E-state index in [9.17, 15) is 4.79 Å². The number of carbonyl (C=O) groups excluding carboxylic acids is 1. The second-order valence-electron chi connectivity index (χ2n) is 4.95. The van der Waals surface area contributed by atoms with Gasteiger partial charge in [-0.15, -0.1) is 11.3 Å². The number of nitrogens with zero attached hydrogens (tertiary/aromatic N) is 2. The molecule has 3 rings (SSSR count). The van der Waals surface area contributed by atoms with Crippen LogP contribution in [0.15, 0.2) is 35.8 Å². The second kappa shape index (κ2) is 5.69. The Morgan fingerprint density at radius 1 is 1.33 bits per heavy atom. The lowest BCUT2D eigenvalue weighted by atomic mass is 10.1. The van der Waals surface area contributed by atoms with E-state index in [1.807, 2.05) is 11.6 Å². The summed E-state index contributed by atoms with van der Waals surface area (Å²) in [5, 5.41) is 2.05. The van der Waals surface area contributed by atoms with Gasteiger partial charge in [0.25, 0.3) is 0 Å². The number of rotatable bonds is 4. The van der Waals surface area contributed by atoms with Crippen LogP contribution in [0.3, 0.4) is 0 Å². The highest BCUT2D eigenvalue weighted by Crippen LogP contribution is 2.24. The van der Waals surface area contributed by atoms with Gasteiger partial charge >= 0.3 is 5.97 Å². The Morgan fingerprint density at radius 2 is 2.10 bits per heavy atom. The number of carbonyl (C=O) groups is 1. The fourth-order valence-electron chi connectivity index (χ4n) is 2.20. The number of aryl methyl sites for hydroxylation is 2. The molecule has 0 saturated carbocycles. The van der Waals surface area contributed by atoms with Gasteiger partial charge in [-0.05, 0) is 13.3 Å². The van der Waals surface area contributed by atoms with E-state index in [4.69, 9.17) is 0 Å². The number of fused-ring (bicyclic) bond motifs is 1. The Hall–Kier alpha value is -2.14. The summed E-state index contributed by atoms with van der Waals surface area (Å²) in [5.74, 6) is -0.187. The van der Waals surface area contributed by atoms with E-state index in [0.717, 1.165) is 21.9 Å². The van der Waals surface area contributed by atoms with E-state index >= 15 is 0 Å². The fraction of sp³-hybridized carbons (Fsp3) is 0.250. The first-order valence-electron chi connectivity index (χ1n) is 6.76. The number of benzene rings is 1. The number of methoxy groups -OCH3 is 1. The van der Waals surface area contributed by atoms with Gasteiger partial charge in [0.05, 0.1) is 19.2 Å². The van der Waals surface area contributed by atoms with Gasteiger partial charge in [0, 0.05) is 22.8 Å². The third-order valence-corrected chi connectivity index (χ3v) is 4.33. The molecule has 0 fully saturated rings. The van der Waals surface area contributed by atoms with Gasteiger partial charge in [-0.3, -0.25) is 9.20 Å². The van der Waals surface area contributed by atoms with Crippen molar-refractivity contribution in [2.45, 2.75) is 19.8 Å². The van der Waals surface area contributed by atoms with Gasteiger partial charge in [-0.1, -0.05) is 29.8 Å². The van der Waals surface area contributed by atoms with Crippen LogP contribution in [0.25, 0.3) is 16.2 Å². The molecule has 0 aliphatic carbocycles. The minimum atomic E-state index is -0.187. The molecule has 0 saturated heterocycles. The largest absolute Gasteiger partial charge is 0.469 e. The molecule has 0 atom stereocenters. The van der Waals surface area contributed by atoms with E-state index in [1.165, 1.54) is 12.7 Å². The Balaban J connectivity index is 1.88. The monoisotopic (exact) mass is 300 g/mol. The molecule has 0 radical (unpaired) electrons. The van der Waals surface area contributed by atoms with Crippen molar-refractivity contribution in [3.63, 3.8) is 0 Å². The standard InChI is InChI=1S/C16H16N2O2S/c1-11-3-5-12(6-4-11)14-9-18-13(7-8-15(19)20-2)10-21-16(18)17-14/h3-6,9-10H,7-8H2,1-2H3. The molecule has 3 aromatic rings. The SMILES string of the molecule is COC(=O)CCc1csc2nc(-c3ccc(C)cc3)cn12. The first-order chi connectivity index (χ1) is 10.2. The first-order valence-corrected chi connectivity index (χ1v) is 7.64. The third kappa shape index (κ3) is 2.83. The molecule has 0 aliphatic heterocycles. The maximum Gasteiger partial charge on any atom is 0.305 e. The number of imidazole rings is 1. The molecule has 108 valence electrons. The van der Waals surface area contributed by atoms with E-state index in [-0.39, 0.29) is 5.97 Å². The molecule has 21 heavy (non-hydrogen) atoms. The molecule has 1 aromatic carbocycles. The summed E-state index contributed by atoms with van der Waals surface area (Å²) in [4.78, 5) is 16.9. The van der Waals surface area contributed by atoms with Gasteiger partial charge in [-0.2, -0.15) is 0 Å². The summed E-state index contributed by atoms with van der Waals surface area (Å²) >= 11 is 1.59. The van der Waals surface area contributed by atoms with Crippen LogP contribution in [0.5, 0.6) is 0 Å². The zero-order chi connectivity index (χ0) is 14.8. The van der Waals surface area contributed by atoms with E-state index in [2.05, 4.69) is 45.3 Å². The molecule has 4 nitrogen and oxygen atoms in total. The Labute approximate surface area is 127 Å². The van der Waals surface area contributed by atoms with Crippen molar-refractivity contribution in [2.75, 3.05) is 7.11 Å². The van der Waals surface area contributed by atoms with Crippen molar-refractivity contribution in [1.82, 2.24) is 9.38 Å². The van der Waals surface area contributed by atoms with Crippen LogP contribution < -0.4 is 0 Å². The lowest BCUT2D eigenvalue weighted by molar-refractivity contribution is -0.140. The Kier molecular flexibility index (Phi) is 3.75. The van der Waals surface area contributed by atoms with Crippen molar-refractivity contribution in [3.8, 4) is 11.3 Å². The Bertz CT molecular complexity index is 771. The van der Waals surface area contributed by atoms with Crippen molar-refractivity contribution >= 4 is 22.3 Å². The highest BCUT2D eigenvalue weighted by molar-refractivity contribution is 7.15. The van der Waals surface area contributed by atoms with Crippen LogP contribution in [0.2, 0.25) is 0 Å². The smallest absolute Gasteiger partial charge is 0.305 e. The highest BCUT2D eigenvalue weighted by Gasteiger charge is 2.11. The van der Waals surface area contributed by atoms with E-state index in [1.54, 1.807) is 11.3 Å². The quantitative estimate of drug-likeness (QED) is 0.693. The minimum absolute atomic E-state index is 0.187. The maximum atomic E-state index is 11.3. The number of ether oxygens (including phenoxy) is 1. The zero-order valence-electron chi connectivity index (χ0n) is 12.0. The van der Waals surface area contributed by atoms with E-state index < -0.39 is 0 Å². The zero-order valence-corrected chi connectivity index (χ0v) is 12.8. The first kappa shape index (κ1) is 13.8. The summed E-state index contributed by atoms with van der Waals surface area (Å²) in [6.45, 7) is 2.07. The average Bonchev–Trinajstić information content (AvgIpc) is 3.06. The molecule has 0 bridgehead atoms. The molecule has 0 spiro atoms. The van der Waals surface area contributed by atoms with Crippen LogP contribution in [-0.2, 0) is 16.0 Å². The summed E-state index contributed by atoms with van der Waals surface area (Å²) in [5.41, 5.74) is 4.39. The molecule has 0 N–H and O–H groups in total. The molecule has 0 aliphatic rings. The van der Waals surface area contributed by atoms with Crippen molar-refractivity contribution < 1.29 is 9.53 Å². The lowest BCUT2D eigenvalue weighted by Crippen LogP contribution is -2.02. The van der Waals surface area contributed by atoms with Gasteiger partial charge in [0.2, 0.25) is 0 Å². The number of aromatic nitrogens is 2. The number of hydrogen-bond donors (Lipinski definition) is 0. The molecule has 2 aromatic heterocycles. The highest BCUT2D eigenvalue weighted by atomic mass is 32.1. The van der Waals surface area contributed by atoms with Gasteiger partial charge in [-0.25, -0.2) is 4.98 Å². The van der Waals surface area contributed by atoms with Crippen LogP contribution in [0.1, 0.15) is 17.7 Å². The molecular formula is C16H16N2O2S. The van der Waals surface area contributed by atoms with Crippen LogP contribution in [0, 0.1) is 6.92 Å². The predicted octanol–water partition coefficient (Wildman–Crippen LogP) is 3.48. The molecule has 0 amide bonds. The average molecular weight is 300 g/mol. The third-order valence-electron chi connectivity index (χ3n) is 3.44. The van der Waals surface area contributed by atoms with Crippen molar-refractivity contribution in [1.29, 1.82) is 0 Å². The topological polar surface area (TPSA) is 43.6 Å². The lowest BCUT2D eigenvalue weighted by Gasteiger charge is -1.99. The second-order valence-corrected chi connectivity index (χ2v) is 5.78. The number of thiazole rings is 1. The van der Waals surface area contributed by atoms with Gasteiger partial charge < -0.3 is 4.74 Å². The number of hydrogen-bond acceptors (Lipinski definition) is 4. The summed E-state index contributed by atoms with van der Waals surface area (Å²) in [7, 11) is 1.41. The van der Waals surface area contributed by atoms with Crippen LogP contribution in [-0.4, -0.2) is 22.5 Å². The molecule has 2 heterocycles. The number of esters is 1. The Morgan fingerprint density at radius 3 is 2.81 bits per heavy atom. The van der Waals surface area contributed by atoms with Crippen LogP contribution >= 0.6 is 11.3 Å². The maximum absolute atomic E-state index is 11.3. The van der Waals surface area contributed by atoms with E-state index in [0.29, 0.717) is 12.8 Å².